The molecule has 3 heterocycles. The number of methoxy groups -OCH3 is 1. The molecule has 1 atom stereocenters. The van der Waals surface area contributed by atoms with E-state index in [1.165, 1.54) is 5.56 Å². The van der Waals surface area contributed by atoms with E-state index in [-0.39, 0.29) is 12.1 Å². The van der Waals surface area contributed by atoms with Crippen molar-refractivity contribution in [3.8, 4) is 5.75 Å². The third-order valence-electron chi connectivity index (χ3n) is 5.79. The van der Waals surface area contributed by atoms with Crippen LogP contribution in [-0.2, 0) is 17.9 Å². The maximum Gasteiger partial charge on any atom is 0.150 e. The second-order valence-corrected chi connectivity index (χ2v) is 8.79. The molecule has 0 unspecified atom stereocenters. The third-order valence-corrected chi connectivity index (χ3v) is 5.79. The largest absolute Gasteiger partial charge is 0.491 e. The fourth-order valence-corrected chi connectivity index (χ4v) is 4.29. The number of hydrogen-bond donors (Lipinski definition) is 1. The summed E-state index contributed by atoms with van der Waals surface area (Å²) in [7, 11) is 1.72. The number of aryl methyl sites for hydroxylation is 1. The summed E-state index contributed by atoms with van der Waals surface area (Å²) in [4.78, 5) is 16.2. The minimum atomic E-state index is 0.128. The van der Waals surface area contributed by atoms with E-state index >= 15 is 0 Å². The van der Waals surface area contributed by atoms with Gasteiger partial charge in [-0.1, -0.05) is 12.1 Å². The number of hydrogen-bond acceptors (Lipinski definition) is 7. The molecule has 1 aromatic carbocycles. The fourth-order valence-electron chi connectivity index (χ4n) is 4.29. The van der Waals surface area contributed by atoms with E-state index in [0.29, 0.717) is 6.61 Å². The van der Waals surface area contributed by atoms with E-state index < -0.39 is 0 Å². The molecular weight excluding hydrogens is 414 g/mol. The van der Waals surface area contributed by atoms with E-state index in [9.17, 15) is 0 Å². The highest BCUT2D eigenvalue weighted by molar-refractivity contribution is 5.54. The number of ether oxygens (including phenoxy) is 2. The SMILES string of the molecule is COCc1cc(CN2CCC[C@@H]2c2cncc(Nc3ncccc3C)n2)ccc1OC(C)C. The summed E-state index contributed by atoms with van der Waals surface area (Å²) in [6.07, 6.45) is 7.75. The molecule has 1 aliphatic heterocycles. The topological polar surface area (TPSA) is 72.4 Å². The van der Waals surface area contributed by atoms with Crippen LogP contribution >= 0.6 is 0 Å². The number of benzene rings is 1. The molecule has 33 heavy (non-hydrogen) atoms. The first kappa shape index (κ1) is 23.1. The Balaban J connectivity index is 1.50. The van der Waals surface area contributed by atoms with Crippen LogP contribution in [0.15, 0.2) is 48.9 Å². The zero-order chi connectivity index (χ0) is 23.2. The fraction of sp³-hybridized carbons (Fsp3) is 0.423. The van der Waals surface area contributed by atoms with Crippen molar-refractivity contribution in [2.24, 2.45) is 0 Å². The average Bonchev–Trinajstić information content (AvgIpc) is 3.25. The molecule has 1 aliphatic rings. The third kappa shape index (κ3) is 5.86. The van der Waals surface area contributed by atoms with E-state index in [1.54, 1.807) is 19.5 Å². The number of pyridine rings is 1. The first-order valence-corrected chi connectivity index (χ1v) is 11.6. The van der Waals surface area contributed by atoms with Crippen LogP contribution in [-0.4, -0.2) is 39.6 Å². The smallest absolute Gasteiger partial charge is 0.150 e. The van der Waals surface area contributed by atoms with E-state index in [4.69, 9.17) is 14.5 Å². The molecule has 0 aliphatic carbocycles. The summed E-state index contributed by atoms with van der Waals surface area (Å²) in [6.45, 7) is 8.53. The molecule has 174 valence electrons. The van der Waals surface area contributed by atoms with Crippen molar-refractivity contribution >= 4 is 11.6 Å². The van der Waals surface area contributed by atoms with Crippen molar-refractivity contribution in [3.63, 3.8) is 0 Å². The van der Waals surface area contributed by atoms with Crippen LogP contribution in [0.2, 0.25) is 0 Å². The van der Waals surface area contributed by atoms with Gasteiger partial charge in [0.1, 0.15) is 17.4 Å². The molecule has 1 fully saturated rings. The van der Waals surface area contributed by atoms with Gasteiger partial charge in [0.25, 0.3) is 0 Å². The predicted octanol–water partition coefficient (Wildman–Crippen LogP) is 5.19. The van der Waals surface area contributed by atoms with Crippen molar-refractivity contribution < 1.29 is 9.47 Å². The highest BCUT2D eigenvalue weighted by Gasteiger charge is 2.28. The van der Waals surface area contributed by atoms with Gasteiger partial charge in [-0.25, -0.2) is 9.97 Å². The minimum Gasteiger partial charge on any atom is -0.491 e. The lowest BCUT2D eigenvalue weighted by Crippen LogP contribution is -2.24. The van der Waals surface area contributed by atoms with Crippen LogP contribution in [0.4, 0.5) is 11.6 Å². The molecule has 0 bridgehead atoms. The van der Waals surface area contributed by atoms with Crippen LogP contribution in [0.3, 0.4) is 0 Å². The molecule has 0 saturated carbocycles. The van der Waals surface area contributed by atoms with Gasteiger partial charge in [0.2, 0.25) is 0 Å². The monoisotopic (exact) mass is 447 g/mol. The van der Waals surface area contributed by atoms with Gasteiger partial charge in [0.05, 0.1) is 36.8 Å². The number of rotatable bonds is 9. The van der Waals surface area contributed by atoms with E-state index in [2.05, 4.69) is 38.4 Å². The molecule has 1 N–H and O–H groups in total. The Kier molecular flexibility index (Phi) is 7.52. The molecule has 0 spiro atoms. The minimum absolute atomic E-state index is 0.128. The summed E-state index contributed by atoms with van der Waals surface area (Å²) in [6, 6.07) is 10.6. The van der Waals surface area contributed by atoms with Gasteiger partial charge in [0, 0.05) is 25.4 Å². The quantitative estimate of drug-likeness (QED) is 0.484. The molecule has 4 rings (SSSR count). The van der Waals surface area contributed by atoms with E-state index in [0.717, 1.165) is 60.1 Å². The summed E-state index contributed by atoms with van der Waals surface area (Å²) >= 11 is 0. The average molecular weight is 448 g/mol. The molecule has 3 aromatic rings. The van der Waals surface area contributed by atoms with Crippen LogP contribution in [0.25, 0.3) is 0 Å². The molecule has 2 aromatic heterocycles. The zero-order valence-corrected chi connectivity index (χ0v) is 19.9. The van der Waals surface area contributed by atoms with E-state index in [1.807, 2.05) is 39.1 Å². The van der Waals surface area contributed by atoms with Gasteiger partial charge in [0.15, 0.2) is 0 Å². The number of anilines is 2. The highest BCUT2D eigenvalue weighted by atomic mass is 16.5. The van der Waals surface area contributed by atoms with Gasteiger partial charge in [-0.3, -0.25) is 9.88 Å². The van der Waals surface area contributed by atoms with Crippen molar-refractivity contribution in [1.82, 2.24) is 19.9 Å². The van der Waals surface area contributed by atoms with Gasteiger partial charge in [-0.05, 0) is 69.5 Å². The number of nitrogens with one attached hydrogen (secondary N) is 1. The zero-order valence-electron chi connectivity index (χ0n) is 19.9. The maximum absolute atomic E-state index is 5.96. The van der Waals surface area contributed by atoms with Gasteiger partial charge >= 0.3 is 0 Å². The molecule has 1 saturated heterocycles. The van der Waals surface area contributed by atoms with Crippen LogP contribution in [0.1, 0.15) is 55.1 Å². The maximum atomic E-state index is 5.96. The Morgan fingerprint density at radius 3 is 2.88 bits per heavy atom. The normalized spacial score (nSPS) is 16.3. The van der Waals surface area contributed by atoms with Crippen molar-refractivity contribution in [1.29, 1.82) is 0 Å². The number of aromatic nitrogens is 3. The first-order chi connectivity index (χ1) is 16.0. The Bertz CT molecular complexity index is 1070. The van der Waals surface area contributed by atoms with Crippen molar-refractivity contribution in [2.45, 2.75) is 58.9 Å². The van der Waals surface area contributed by atoms with Gasteiger partial charge < -0.3 is 14.8 Å². The van der Waals surface area contributed by atoms with Gasteiger partial charge in [-0.15, -0.1) is 0 Å². The second kappa shape index (κ2) is 10.7. The first-order valence-electron chi connectivity index (χ1n) is 11.6. The van der Waals surface area contributed by atoms with Gasteiger partial charge in [-0.2, -0.15) is 0 Å². The lowest BCUT2D eigenvalue weighted by atomic mass is 10.1. The molecule has 0 amide bonds. The second-order valence-electron chi connectivity index (χ2n) is 8.79. The molecule has 0 radical (unpaired) electrons. The molecule has 7 nitrogen and oxygen atoms in total. The van der Waals surface area contributed by atoms with Crippen LogP contribution in [0.5, 0.6) is 5.75 Å². The Morgan fingerprint density at radius 1 is 1.21 bits per heavy atom. The Labute approximate surface area is 196 Å². The molecule has 7 heteroatoms. The number of nitrogens with zero attached hydrogens (tertiary/aromatic N) is 4. The summed E-state index contributed by atoms with van der Waals surface area (Å²) in [5.74, 6) is 2.42. The lowest BCUT2D eigenvalue weighted by Gasteiger charge is -2.25. The standard InChI is InChI=1S/C26H33N5O2/c1-18(2)33-24-10-9-20(13-21(24)17-32-4)16-31-12-6-8-23(31)22-14-27-15-25(29-22)30-26-19(3)7-5-11-28-26/h5,7,9-11,13-15,18,23H,6,8,12,16-17H2,1-4H3,(H,28,29,30)/t23-/m1/s1. The lowest BCUT2D eigenvalue weighted by molar-refractivity contribution is 0.174. The summed E-state index contributed by atoms with van der Waals surface area (Å²) in [5.41, 5.74) is 4.39. The predicted molar refractivity (Wildman–Crippen MR) is 130 cm³/mol. The summed E-state index contributed by atoms with van der Waals surface area (Å²) < 4.78 is 11.4. The summed E-state index contributed by atoms with van der Waals surface area (Å²) in [5, 5.41) is 3.31. The van der Waals surface area contributed by atoms with Crippen LogP contribution < -0.4 is 10.1 Å². The van der Waals surface area contributed by atoms with Crippen molar-refractivity contribution in [3.05, 3.63) is 71.3 Å². The van der Waals surface area contributed by atoms with Crippen molar-refractivity contribution in [2.75, 3.05) is 19.0 Å². The highest BCUT2D eigenvalue weighted by Crippen LogP contribution is 2.33. The Morgan fingerprint density at radius 2 is 2.09 bits per heavy atom. The Hall–Kier alpha value is -3.03. The number of likely N-dealkylation sites (tertiary alicyclic amines) is 1. The van der Waals surface area contributed by atoms with Crippen LogP contribution in [0, 0.1) is 6.92 Å². The molecular formula is C26H33N5O2.